The van der Waals surface area contributed by atoms with Crippen molar-refractivity contribution in [3.63, 3.8) is 0 Å². The van der Waals surface area contributed by atoms with E-state index in [4.69, 9.17) is 0 Å². The molecule has 0 aromatic heterocycles. The number of carboxylic acids is 1. The smallest absolute Gasteiger partial charge is 0.307 e. The van der Waals surface area contributed by atoms with E-state index in [-0.39, 0.29) is 17.2 Å². The summed E-state index contributed by atoms with van der Waals surface area (Å²) in [6.07, 6.45) is 7.31. The van der Waals surface area contributed by atoms with Gasteiger partial charge in [0.25, 0.3) is 0 Å². The highest BCUT2D eigenvalue weighted by atomic mass is 16.4. The second-order valence-electron chi connectivity index (χ2n) is 6.91. The van der Waals surface area contributed by atoms with Crippen molar-refractivity contribution in [3.05, 3.63) is 0 Å². The van der Waals surface area contributed by atoms with Gasteiger partial charge in [-0.1, -0.05) is 26.7 Å². The molecule has 4 heteroatoms. The number of carbonyl (C=O) groups is 2. The summed E-state index contributed by atoms with van der Waals surface area (Å²) < 4.78 is 0. The molecule has 4 nitrogen and oxygen atoms in total. The van der Waals surface area contributed by atoms with Crippen molar-refractivity contribution in [1.29, 1.82) is 0 Å². The first-order valence-electron chi connectivity index (χ1n) is 7.98. The molecule has 2 rings (SSSR count). The molecule has 0 aromatic carbocycles. The Labute approximate surface area is 121 Å². The van der Waals surface area contributed by atoms with Crippen LogP contribution >= 0.6 is 0 Å². The standard InChI is InChI=1S/C16H27NO3/c1-3-16(6-4-5-7-16)10-17-14(18)12-8-11(2)9-13(12)15(19)20/h11-13H,3-10H2,1-2H3,(H,17,18)(H,19,20)/t11?,12-,13+/m0/s1. The molecule has 3 atom stereocenters. The Hall–Kier alpha value is -1.06. The first-order chi connectivity index (χ1) is 9.47. The lowest BCUT2D eigenvalue weighted by atomic mass is 9.83. The van der Waals surface area contributed by atoms with Crippen molar-refractivity contribution < 1.29 is 14.7 Å². The molecular weight excluding hydrogens is 254 g/mol. The molecule has 2 aliphatic rings. The molecule has 2 N–H and O–H groups in total. The number of hydrogen-bond acceptors (Lipinski definition) is 2. The number of rotatable bonds is 5. The third-order valence-electron chi connectivity index (χ3n) is 5.50. The monoisotopic (exact) mass is 281 g/mol. The molecule has 1 unspecified atom stereocenters. The van der Waals surface area contributed by atoms with Crippen LogP contribution < -0.4 is 5.32 Å². The summed E-state index contributed by atoms with van der Waals surface area (Å²) in [6, 6.07) is 0. The van der Waals surface area contributed by atoms with Crippen molar-refractivity contribution in [3.8, 4) is 0 Å². The van der Waals surface area contributed by atoms with Crippen LogP contribution in [-0.4, -0.2) is 23.5 Å². The largest absolute Gasteiger partial charge is 0.481 e. The molecule has 0 spiro atoms. The highest BCUT2D eigenvalue weighted by Gasteiger charge is 2.42. The molecule has 2 aliphatic carbocycles. The van der Waals surface area contributed by atoms with E-state index in [0.717, 1.165) is 13.0 Å². The number of carbonyl (C=O) groups excluding carboxylic acids is 1. The van der Waals surface area contributed by atoms with Crippen molar-refractivity contribution >= 4 is 11.9 Å². The van der Waals surface area contributed by atoms with Crippen molar-refractivity contribution in [2.75, 3.05) is 6.54 Å². The van der Waals surface area contributed by atoms with Crippen LogP contribution in [0.5, 0.6) is 0 Å². The van der Waals surface area contributed by atoms with E-state index < -0.39 is 11.9 Å². The average molecular weight is 281 g/mol. The van der Waals surface area contributed by atoms with E-state index >= 15 is 0 Å². The Bertz CT molecular complexity index is 374. The van der Waals surface area contributed by atoms with Crippen LogP contribution in [0.1, 0.15) is 58.8 Å². The van der Waals surface area contributed by atoms with Crippen LogP contribution in [0.2, 0.25) is 0 Å². The Balaban J connectivity index is 1.92. The number of hydrogen-bond donors (Lipinski definition) is 2. The molecule has 1 amide bonds. The van der Waals surface area contributed by atoms with Crippen molar-refractivity contribution in [2.45, 2.75) is 58.8 Å². The second-order valence-corrected chi connectivity index (χ2v) is 6.91. The zero-order chi connectivity index (χ0) is 14.8. The van der Waals surface area contributed by atoms with Gasteiger partial charge < -0.3 is 10.4 Å². The summed E-state index contributed by atoms with van der Waals surface area (Å²) in [5.41, 5.74) is 0.263. The lowest BCUT2D eigenvalue weighted by molar-refractivity contribution is -0.146. The maximum Gasteiger partial charge on any atom is 0.307 e. The molecule has 0 aromatic rings. The van der Waals surface area contributed by atoms with E-state index in [9.17, 15) is 14.7 Å². The number of carboxylic acid groups (broad SMARTS) is 1. The van der Waals surface area contributed by atoms with Crippen LogP contribution in [-0.2, 0) is 9.59 Å². The first kappa shape index (κ1) is 15.3. The van der Waals surface area contributed by atoms with Gasteiger partial charge in [-0.25, -0.2) is 0 Å². The SMILES string of the molecule is CCC1(CNC(=O)[C@H]2CC(C)C[C@H]2C(=O)O)CCCC1. The number of amides is 1. The first-order valence-corrected chi connectivity index (χ1v) is 7.98. The summed E-state index contributed by atoms with van der Waals surface area (Å²) in [6.45, 7) is 4.95. The highest BCUT2D eigenvalue weighted by molar-refractivity contribution is 5.85. The predicted octanol–water partition coefficient (Wildman–Crippen LogP) is 2.82. The van der Waals surface area contributed by atoms with Crippen LogP contribution in [0.3, 0.4) is 0 Å². The van der Waals surface area contributed by atoms with Gasteiger partial charge in [-0.15, -0.1) is 0 Å². The second kappa shape index (κ2) is 6.15. The Kier molecular flexibility index (Phi) is 4.71. The minimum Gasteiger partial charge on any atom is -0.481 e. The van der Waals surface area contributed by atoms with Gasteiger partial charge in [0.05, 0.1) is 11.8 Å². The summed E-state index contributed by atoms with van der Waals surface area (Å²) in [7, 11) is 0. The molecular formula is C16H27NO3. The lowest BCUT2D eigenvalue weighted by Gasteiger charge is -2.28. The van der Waals surface area contributed by atoms with Crippen molar-refractivity contribution in [1.82, 2.24) is 5.32 Å². The van der Waals surface area contributed by atoms with Gasteiger partial charge in [-0.2, -0.15) is 0 Å². The van der Waals surface area contributed by atoms with Gasteiger partial charge in [-0.05, 0) is 43.4 Å². The molecule has 0 bridgehead atoms. The quantitative estimate of drug-likeness (QED) is 0.814. The van der Waals surface area contributed by atoms with Gasteiger partial charge in [0.1, 0.15) is 0 Å². The molecule has 20 heavy (non-hydrogen) atoms. The number of aliphatic carboxylic acids is 1. The Morgan fingerprint density at radius 2 is 1.80 bits per heavy atom. The minimum absolute atomic E-state index is 0.0403. The summed E-state index contributed by atoms with van der Waals surface area (Å²) >= 11 is 0. The topological polar surface area (TPSA) is 66.4 Å². The molecule has 0 saturated heterocycles. The summed E-state index contributed by atoms with van der Waals surface area (Å²) in [5.74, 6) is -1.36. The van der Waals surface area contributed by atoms with Crippen LogP contribution in [0, 0.1) is 23.2 Å². The van der Waals surface area contributed by atoms with Gasteiger partial charge in [0.15, 0.2) is 0 Å². The molecule has 114 valence electrons. The summed E-state index contributed by atoms with van der Waals surface area (Å²) in [5, 5.41) is 12.3. The fourth-order valence-electron chi connectivity index (χ4n) is 4.04. The lowest BCUT2D eigenvalue weighted by Crippen LogP contribution is -2.41. The van der Waals surface area contributed by atoms with E-state index in [1.165, 1.54) is 25.7 Å². The van der Waals surface area contributed by atoms with Crippen LogP contribution in [0.15, 0.2) is 0 Å². The third-order valence-corrected chi connectivity index (χ3v) is 5.50. The zero-order valence-electron chi connectivity index (χ0n) is 12.7. The maximum atomic E-state index is 12.3. The van der Waals surface area contributed by atoms with Crippen LogP contribution in [0.25, 0.3) is 0 Å². The van der Waals surface area contributed by atoms with E-state index in [0.29, 0.717) is 18.8 Å². The predicted molar refractivity (Wildman–Crippen MR) is 77.2 cm³/mol. The Morgan fingerprint density at radius 3 is 2.35 bits per heavy atom. The fraction of sp³-hybridized carbons (Fsp3) is 0.875. The molecule has 0 heterocycles. The van der Waals surface area contributed by atoms with Crippen molar-refractivity contribution in [2.24, 2.45) is 23.2 Å². The highest BCUT2D eigenvalue weighted by Crippen LogP contribution is 2.41. The van der Waals surface area contributed by atoms with E-state index in [1.807, 2.05) is 6.92 Å². The molecule has 0 aliphatic heterocycles. The van der Waals surface area contributed by atoms with E-state index in [2.05, 4.69) is 12.2 Å². The van der Waals surface area contributed by atoms with Gasteiger partial charge >= 0.3 is 5.97 Å². The van der Waals surface area contributed by atoms with Crippen LogP contribution in [0.4, 0.5) is 0 Å². The fourth-order valence-corrected chi connectivity index (χ4v) is 4.04. The van der Waals surface area contributed by atoms with Gasteiger partial charge in [0, 0.05) is 6.54 Å². The van der Waals surface area contributed by atoms with Gasteiger partial charge in [-0.3, -0.25) is 9.59 Å². The Morgan fingerprint density at radius 1 is 1.20 bits per heavy atom. The van der Waals surface area contributed by atoms with E-state index in [1.54, 1.807) is 0 Å². The third kappa shape index (κ3) is 3.15. The summed E-state index contributed by atoms with van der Waals surface area (Å²) in [4.78, 5) is 23.6. The number of nitrogens with one attached hydrogen (secondary N) is 1. The van der Waals surface area contributed by atoms with Gasteiger partial charge in [0.2, 0.25) is 5.91 Å². The zero-order valence-corrected chi connectivity index (χ0v) is 12.7. The molecule has 0 radical (unpaired) electrons. The molecule has 2 fully saturated rings. The normalized spacial score (nSPS) is 32.2. The maximum absolute atomic E-state index is 12.3. The minimum atomic E-state index is -0.819. The average Bonchev–Trinajstić information content (AvgIpc) is 3.03. The molecule has 2 saturated carbocycles.